The van der Waals surface area contributed by atoms with Crippen LogP contribution in [0.3, 0.4) is 0 Å². The Labute approximate surface area is 218 Å². The summed E-state index contributed by atoms with van der Waals surface area (Å²) in [6, 6.07) is 21.3. The normalized spacial score (nSPS) is 13.5. The molecule has 188 valence electrons. The highest BCUT2D eigenvalue weighted by Gasteiger charge is 2.20. The molecule has 0 unspecified atom stereocenters. The quantitative estimate of drug-likeness (QED) is 0.202. The number of carbonyl (C=O) groups is 2. The number of thioether (sulfide) groups is 1. The fourth-order valence-electron chi connectivity index (χ4n) is 4.54. The van der Waals surface area contributed by atoms with Crippen LogP contribution in [0.15, 0.2) is 82.7 Å². The van der Waals surface area contributed by atoms with Gasteiger partial charge in [0.15, 0.2) is 10.9 Å². The van der Waals surface area contributed by atoms with E-state index in [2.05, 4.69) is 5.32 Å². The molecule has 0 aliphatic heterocycles. The van der Waals surface area contributed by atoms with Crippen LogP contribution in [-0.4, -0.2) is 40.1 Å². The number of carbonyl (C=O) groups excluding carboxylic acids is 2. The molecule has 0 bridgehead atoms. The summed E-state index contributed by atoms with van der Waals surface area (Å²) < 4.78 is 6.76. The minimum atomic E-state index is -0.271. The summed E-state index contributed by atoms with van der Waals surface area (Å²) in [5.41, 5.74) is 1.82. The second-order valence-corrected chi connectivity index (χ2v) is 9.94. The number of nitrogens with one attached hydrogen (secondary N) is 1. The van der Waals surface area contributed by atoms with Crippen LogP contribution in [-0.2, 0) is 0 Å². The fourth-order valence-corrected chi connectivity index (χ4v) is 5.45. The van der Waals surface area contributed by atoms with E-state index >= 15 is 0 Å². The Balaban J connectivity index is 1.53. The molecular weight excluding hydrogens is 486 g/mol. The van der Waals surface area contributed by atoms with Crippen LogP contribution in [0.5, 0.6) is 5.75 Å². The molecule has 0 radical (unpaired) electrons. The van der Waals surface area contributed by atoms with Crippen LogP contribution in [0, 0.1) is 0 Å². The molecule has 1 amide bonds. The lowest BCUT2D eigenvalue weighted by Gasteiger charge is -2.15. The number of benzene rings is 3. The summed E-state index contributed by atoms with van der Waals surface area (Å²) in [4.78, 5) is 44.1. The van der Waals surface area contributed by atoms with Crippen LogP contribution in [0.4, 0.5) is 0 Å². The van der Waals surface area contributed by atoms with Gasteiger partial charge in [0.2, 0.25) is 0 Å². The van der Waals surface area contributed by atoms with Gasteiger partial charge in [-0.15, -0.1) is 0 Å². The zero-order valence-electron chi connectivity index (χ0n) is 20.5. The fraction of sp³-hybridized carbons (Fsp3) is 0.241. The third kappa shape index (κ3) is 5.44. The summed E-state index contributed by atoms with van der Waals surface area (Å²) in [5, 5.41) is 3.85. The van der Waals surface area contributed by atoms with Gasteiger partial charge in [-0.3, -0.25) is 19.0 Å². The number of ether oxygens (including phenoxy) is 1. The van der Waals surface area contributed by atoms with Crippen molar-refractivity contribution in [1.29, 1.82) is 0 Å². The standard InChI is InChI=1S/C29H27N3O4S/c1-36-23-14-12-22(13-15-23)32-28(35)24-16-11-20(27(34)30-21-9-5-6-10-21)17-25(24)31-29(32)37-18-26(33)19-7-3-2-4-8-19/h2-4,7-8,11-17,21H,5-6,9-10,18H2,1H3,(H,30,34). The Hall–Kier alpha value is -3.91. The molecule has 1 aliphatic rings. The van der Waals surface area contributed by atoms with Gasteiger partial charge >= 0.3 is 0 Å². The molecule has 1 aromatic heterocycles. The molecule has 37 heavy (non-hydrogen) atoms. The second-order valence-electron chi connectivity index (χ2n) is 9.00. The van der Waals surface area contributed by atoms with Gasteiger partial charge in [0.05, 0.1) is 29.5 Å². The van der Waals surface area contributed by atoms with Crippen molar-refractivity contribution in [2.45, 2.75) is 36.9 Å². The first-order chi connectivity index (χ1) is 18.0. The second kappa shape index (κ2) is 11.0. The van der Waals surface area contributed by atoms with Gasteiger partial charge in [0.1, 0.15) is 5.75 Å². The van der Waals surface area contributed by atoms with Crippen LogP contribution < -0.4 is 15.6 Å². The van der Waals surface area contributed by atoms with E-state index in [0.717, 1.165) is 25.7 Å². The maximum absolute atomic E-state index is 13.7. The number of fused-ring (bicyclic) bond motifs is 1. The summed E-state index contributed by atoms with van der Waals surface area (Å²) in [6.45, 7) is 0. The number of amides is 1. The van der Waals surface area contributed by atoms with Crippen molar-refractivity contribution in [3.63, 3.8) is 0 Å². The number of aromatic nitrogens is 2. The van der Waals surface area contributed by atoms with Crippen LogP contribution in [0.2, 0.25) is 0 Å². The third-order valence-electron chi connectivity index (χ3n) is 6.55. The first-order valence-electron chi connectivity index (χ1n) is 12.3. The van der Waals surface area contributed by atoms with Gasteiger partial charge in [-0.25, -0.2) is 4.98 Å². The highest BCUT2D eigenvalue weighted by atomic mass is 32.2. The Kier molecular flexibility index (Phi) is 7.37. The van der Waals surface area contributed by atoms with Crippen molar-refractivity contribution in [3.8, 4) is 11.4 Å². The number of rotatable bonds is 8. The molecule has 1 heterocycles. The summed E-state index contributed by atoms with van der Waals surface area (Å²) in [7, 11) is 1.58. The smallest absolute Gasteiger partial charge is 0.266 e. The maximum atomic E-state index is 13.7. The molecule has 4 aromatic rings. The molecule has 0 saturated heterocycles. The number of ketones is 1. The predicted octanol–water partition coefficient (Wildman–Crippen LogP) is 5.04. The summed E-state index contributed by atoms with van der Waals surface area (Å²) in [5.74, 6) is 0.547. The molecule has 1 fully saturated rings. The van der Waals surface area contributed by atoms with Gasteiger partial charge in [-0.2, -0.15) is 0 Å². The average molecular weight is 514 g/mol. The zero-order valence-corrected chi connectivity index (χ0v) is 21.3. The van der Waals surface area contributed by atoms with Crippen molar-refractivity contribution in [1.82, 2.24) is 14.9 Å². The SMILES string of the molecule is COc1ccc(-n2c(SCC(=O)c3ccccc3)nc3cc(C(=O)NC4CCCC4)ccc3c2=O)cc1. The van der Waals surface area contributed by atoms with Crippen molar-refractivity contribution in [3.05, 3.63) is 94.3 Å². The number of Topliss-reactive ketones (excluding diaryl/α,β-unsaturated/α-hetero) is 1. The minimum absolute atomic E-state index is 0.0640. The molecule has 0 atom stereocenters. The third-order valence-corrected chi connectivity index (χ3v) is 7.49. The molecule has 1 aliphatic carbocycles. The van der Waals surface area contributed by atoms with Crippen molar-refractivity contribution < 1.29 is 14.3 Å². The number of nitrogens with zero attached hydrogens (tertiary/aromatic N) is 2. The molecule has 3 aromatic carbocycles. The van der Waals surface area contributed by atoms with Crippen LogP contribution in [0.25, 0.3) is 16.6 Å². The van der Waals surface area contributed by atoms with Gasteiger partial charge in [-0.1, -0.05) is 54.9 Å². The molecule has 5 rings (SSSR count). The van der Waals surface area contributed by atoms with E-state index in [1.807, 2.05) is 18.2 Å². The van der Waals surface area contributed by atoms with Gasteiger partial charge in [-0.05, 0) is 55.3 Å². The van der Waals surface area contributed by atoms with E-state index in [0.29, 0.717) is 38.6 Å². The first-order valence-corrected chi connectivity index (χ1v) is 13.2. The van der Waals surface area contributed by atoms with E-state index in [4.69, 9.17) is 9.72 Å². The lowest BCUT2D eigenvalue weighted by atomic mass is 10.1. The van der Waals surface area contributed by atoms with Gasteiger partial charge in [0.25, 0.3) is 11.5 Å². The lowest BCUT2D eigenvalue weighted by molar-refractivity contribution is 0.0937. The summed E-state index contributed by atoms with van der Waals surface area (Å²) in [6.07, 6.45) is 4.22. The Morgan fingerprint density at radius 2 is 1.73 bits per heavy atom. The number of methoxy groups -OCH3 is 1. The summed E-state index contributed by atoms with van der Waals surface area (Å²) >= 11 is 1.19. The lowest BCUT2D eigenvalue weighted by Crippen LogP contribution is -2.32. The van der Waals surface area contributed by atoms with Crippen molar-refractivity contribution in [2.75, 3.05) is 12.9 Å². The van der Waals surface area contributed by atoms with Crippen LogP contribution >= 0.6 is 11.8 Å². The average Bonchev–Trinajstić information content (AvgIpc) is 3.45. The highest BCUT2D eigenvalue weighted by Crippen LogP contribution is 2.25. The molecule has 1 saturated carbocycles. The minimum Gasteiger partial charge on any atom is -0.497 e. The number of hydrogen-bond acceptors (Lipinski definition) is 6. The monoisotopic (exact) mass is 513 g/mol. The zero-order chi connectivity index (χ0) is 25.8. The molecular formula is C29H27N3O4S. The van der Waals surface area contributed by atoms with E-state index < -0.39 is 0 Å². The van der Waals surface area contributed by atoms with E-state index in [9.17, 15) is 14.4 Å². The molecule has 7 nitrogen and oxygen atoms in total. The Morgan fingerprint density at radius 3 is 2.43 bits per heavy atom. The topological polar surface area (TPSA) is 90.3 Å². The largest absolute Gasteiger partial charge is 0.497 e. The molecule has 8 heteroatoms. The maximum Gasteiger partial charge on any atom is 0.266 e. The van der Waals surface area contributed by atoms with Gasteiger partial charge in [0, 0.05) is 17.2 Å². The van der Waals surface area contributed by atoms with Crippen molar-refractivity contribution >= 4 is 34.4 Å². The number of hydrogen-bond donors (Lipinski definition) is 1. The van der Waals surface area contributed by atoms with E-state index in [1.54, 1.807) is 61.7 Å². The highest BCUT2D eigenvalue weighted by molar-refractivity contribution is 7.99. The molecule has 1 N–H and O–H groups in total. The Morgan fingerprint density at radius 1 is 1.00 bits per heavy atom. The van der Waals surface area contributed by atoms with Crippen molar-refractivity contribution in [2.24, 2.45) is 0 Å². The van der Waals surface area contributed by atoms with E-state index in [-0.39, 0.29) is 29.0 Å². The predicted molar refractivity (Wildman–Crippen MR) is 145 cm³/mol. The van der Waals surface area contributed by atoms with Crippen LogP contribution in [0.1, 0.15) is 46.4 Å². The van der Waals surface area contributed by atoms with E-state index in [1.165, 1.54) is 16.3 Å². The Bertz CT molecular complexity index is 1490. The molecule has 0 spiro atoms. The van der Waals surface area contributed by atoms with Gasteiger partial charge < -0.3 is 10.1 Å². The first kappa shape index (κ1) is 24.8.